The number of urea groups is 1. The molecule has 7 nitrogen and oxygen atoms in total. The van der Waals surface area contributed by atoms with Gasteiger partial charge in [-0.25, -0.2) is 9.59 Å². The second kappa shape index (κ2) is 9.17. The van der Waals surface area contributed by atoms with Crippen molar-refractivity contribution >= 4 is 17.9 Å². The molecule has 0 heterocycles. The fourth-order valence-corrected chi connectivity index (χ4v) is 1.51. The first-order valence-corrected chi connectivity index (χ1v) is 6.71. The summed E-state index contributed by atoms with van der Waals surface area (Å²) in [5.41, 5.74) is 4.94. The zero-order valence-electron chi connectivity index (χ0n) is 12.6. The van der Waals surface area contributed by atoms with Gasteiger partial charge in [0.15, 0.2) is 0 Å². The summed E-state index contributed by atoms with van der Waals surface area (Å²) in [4.78, 5) is 34.1. The fraction of sp³-hybridized carbons (Fsp3) is 0.769. The highest BCUT2D eigenvalue weighted by molar-refractivity contribution is 5.85. The van der Waals surface area contributed by atoms with Crippen molar-refractivity contribution < 1.29 is 19.1 Å². The van der Waals surface area contributed by atoms with Gasteiger partial charge in [-0.05, 0) is 18.8 Å². The lowest BCUT2D eigenvalue weighted by molar-refractivity contribution is -0.146. The van der Waals surface area contributed by atoms with Crippen molar-refractivity contribution in [3.63, 3.8) is 0 Å². The SMILES string of the molecule is COC(=O)[C@H](CCCNC(N)=O)NC(=O)[C@@H](C)C(C)C. The molecule has 0 aromatic heterocycles. The zero-order chi connectivity index (χ0) is 15.7. The molecule has 4 N–H and O–H groups in total. The number of hydrogen-bond donors (Lipinski definition) is 3. The van der Waals surface area contributed by atoms with Gasteiger partial charge in [0.1, 0.15) is 6.04 Å². The molecule has 0 spiro atoms. The predicted octanol–water partition coefficient (Wildman–Crippen LogP) is 0.385. The zero-order valence-corrected chi connectivity index (χ0v) is 12.6. The molecule has 0 aliphatic carbocycles. The quantitative estimate of drug-likeness (QED) is 0.443. The number of methoxy groups -OCH3 is 1. The number of ether oxygens (including phenoxy) is 1. The Kier molecular flexibility index (Phi) is 8.35. The van der Waals surface area contributed by atoms with E-state index in [4.69, 9.17) is 5.73 Å². The van der Waals surface area contributed by atoms with E-state index in [0.29, 0.717) is 19.4 Å². The van der Waals surface area contributed by atoms with E-state index >= 15 is 0 Å². The van der Waals surface area contributed by atoms with Crippen molar-refractivity contribution in [2.24, 2.45) is 17.6 Å². The van der Waals surface area contributed by atoms with Crippen LogP contribution in [0.4, 0.5) is 4.79 Å². The maximum absolute atomic E-state index is 11.9. The molecule has 0 bridgehead atoms. The van der Waals surface area contributed by atoms with Crippen LogP contribution >= 0.6 is 0 Å². The maximum Gasteiger partial charge on any atom is 0.328 e. The largest absolute Gasteiger partial charge is 0.467 e. The molecule has 0 aliphatic heterocycles. The van der Waals surface area contributed by atoms with Crippen LogP contribution in [0.5, 0.6) is 0 Å². The molecule has 2 atom stereocenters. The van der Waals surface area contributed by atoms with E-state index < -0.39 is 18.0 Å². The fourth-order valence-electron chi connectivity index (χ4n) is 1.51. The first kappa shape index (κ1) is 18.2. The lowest BCUT2D eigenvalue weighted by Gasteiger charge is -2.21. The molecule has 0 aromatic carbocycles. The number of carbonyl (C=O) groups is 3. The third-order valence-electron chi connectivity index (χ3n) is 3.18. The van der Waals surface area contributed by atoms with Crippen LogP contribution in [0.2, 0.25) is 0 Å². The third-order valence-corrected chi connectivity index (χ3v) is 3.18. The van der Waals surface area contributed by atoms with Crippen LogP contribution < -0.4 is 16.4 Å². The van der Waals surface area contributed by atoms with Crippen LogP contribution in [0.3, 0.4) is 0 Å². The number of primary amides is 1. The molecule has 0 aromatic rings. The Labute approximate surface area is 119 Å². The molecule has 0 radical (unpaired) electrons. The molecule has 0 saturated carbocycles. The highest BCUT2D eigenvalue weighted by Gasteiger charge is 2.24. The summed E-state index contributed by atoms with van der Waals surface area (Å²) in [5.74, 6) is -0.678. The van der Waals surface area contributed by atoms with E-state index in [0.717, 1.165) is 0 Å². The van der Waals surface area contributed by atoms with Crippen molar-refractivity contribution in [2.75, 3.05) is 13.7 Å². The van der Waals surface area contributed by atoms with Gasteiger partial charge in [0.2, 0.25) is 5.91 Å². The van der Waals surface area contributed by atoms with Crippen molar-refractivity contribution in [2.45, 2.75) is 39.7 Å². The van der Waals surface area contributed by atoms with Crippen LogP contribution in [0.1, 0.15) is 33.6 Å². The van der Waals surface area contributed by atoms with Gasteiger partial charge in [0.25, 0.3) is 0 Å². The molecule has 0 fully saturated rings. The Bertz CT molecular complexity index is 345. The Morgan fingerprint density at radius 2 is 1.80 bits per heavy atom. The minimum Gasteiger partial charge on any atom is -0.467 e. The second-order valence-corrected chi connectivity index (χ2v) is 5.05. The number of esters is 1. The highest BCUT2D eigenvalue weighted by atomic mass is 16.5. The topological polar surface area (TPSA) is 111 Å². The summed E-state index contributed by atoms with van der Waals surface area (Å²) < 4.78 is 4.67. The molecular formula is C13H25N3O4. The summed E-state index contributed by atoms with van der Waals surface area (Å²) in [7, 11) is 1.27. The van der Waals surface area contributed by atoms with Gasteiger partial charge in [-0.1, -0.05) is 20.8 Å². The van der Waals surface area contributed by atoms with Gasteiger partial charge in [-0.15, -0.1) is 0 Å². The van der Waals surface area contributed by atoms with Gasteiger partial charge in [0.05, 0.1) is 7.11 Å². The standard InChI is InChI=1S/C13H25N3O4/c1-8(2)9(3)11(17)16-10(12(18)20-4)6-5-7-15-13(14)19/h8-10H,5-7H2,1-4H3,(H,16,17)(H3,14,15,19)/t9-,10-/m0/s1. The lowest BCUT2D eigenvalue weighted by atomic mass is 9.96. The van der Waals surface area contributed by atoms with Crippen LogP contribution in [0.25, 0.3) is 0 Å². The number of rotatable bonds is 8. The van der Waals surface area contributed by atoms with E-state index in [2.05, 4.69) is 15.4 Å². The van der Waals surface area contributed by atoms with E-state index in [1.807, 2.05) is 20.8 Å². The van der Waals surface area contributed by atoms with E-state index in [1.165, 1.54) is 7.11 Å². The molecule has 3 amide bonds. The summed E-state index contributed by atoms with van der Waals surface area (Å²) in [6.07, 6.45) is 0.891. The smallest absolute Gasteiger partial charge is 0.328 e. The molecule has 7 heteroatoms. The van der Waals surface area contributed by atoms with E-state index in [9.17, 15) is 14.4 Å². The monoisotopic (exact) mass is 287 g/mol. The van der Waals surface area contributed by atoms with Gasteiger partial charge < -0.3 is 21.1 Å². The molecular weight excluding hydrogens is 262 g/mol. The molecule has 116 valence electrons. The average molecular weight is 287 g/mol. The van der Waals surface area contributed by atoms with Crippen LogP contribution in [0, 0.1) is 11.8 Å². The normalized spacial score (nSPS) is 13.4. The first-order valence-electron chi connectivity index (χ1n) is 6.71. The van der Waals surface area contributed by atoms with Crippen LogP contribution in [-0.2, 0) is 14.3 Å². The number of amides is 3. The van der Waals surface area contributed by atoms with Gasteiger partial charge in [-0.2, -0.15) is 0 Å². The van der Waals surface area contributed by atoms with Gasteiger partial charge in [0, 0.05) is 12.5 Å². The summed E-state index contributed by atoms with van der Waals surface area (Å²) in [5, 5.41) is 5.11. The Balaban J connectivity index is 4.39. The Morgan fingerprint density at radius 3 is 2.25 bits per heavy atom. The maximum atomic E-state index is 11.9. The number of hydrogen-bond acceptors (Lipinski definition) is 4. The molecule has 0 aliphatic rings. The number of nitrogens with two attached hydrogens (primary N) is 1. The van der Waals surface area contributed by atoms with Crippen molar-refractivity contribution in [1.82, 2.24) is 10.6 Å². The summed E-state index contributed by atoms with van der Waals surface area (Å²) in [6, 6.07) is -1.32. The van der Waals surface area contributed by atoms with Crippen LogP contribution in [-0.4, -0.2) is 37.6 Å². The van der Waals surface area contributed by atoms with Crippen molar-refractivity contribution in [3.8, 4) is 0 Å². The minimum absolute atomic E-state index is 0.182. The Hall–Kier alpha value is -1.79. The summed E-state index contributed by atoms with van der Waals surface area (Å²) in [6.45, 7) is 6.03. The van der Waals surface area contributed by atoms with Crippen molar-refractivity contribution in [3.05, 3.63) is 0 Å². The molecule has 20 heavy (non-hydrogen) atoms. The second-order valence-electron chi connectivity index (χ2n) is 5.05. The lowest BCUT2D eigenvalue weighted by Crippen LogP contribution is -2.45. The van der Waals surface area contributed by atoms with Gasteiger partial charge >= 0.3 is 12.0 Å². The highest BCUT2D eigenvalue weighted by Crippen LogP contribution is 2.10. The predicted molar refractivity (Wildman–Crippen MR) is 74.8 cm³/mol. The number of carbonyl (C=O) groups excluding carboxylic acids is 3. The molecule has 0 saturated heterocycles. The van der Waals surface area contributed by atoms with E-state index in [1.54, 1.807) is 0 Å². The third kappa shape index (κ3) is 6.96. The van der Waals surface area contributed by atoms with Crippen molar-refractivity contribution in [1.29, 1.82) is 0 Å². The average Bonchev–Trinajstić information content (AvgIpc) is 2.39. The minimum atomic E-state index is -0.705. The molecule has 0 unspecified atom stereocenters. The Morgan fingerprint density at radius 1 is 1.20 bits per heavy atom. The van der Waals surface area contributed by atoms with Crippen LogP contribution in [0.15, 0.2) is 0 Å². The number of nitrogens with one attached hydrogen (secondary N) is 2. The summed E-state index contributed by atoms with van der Waals surface area (Å²) >= 11 is 0. The molecule has 0 rings (SSSR count). The van der Waals surface area contributed by atoms with E-state index in [-0.39, 0.29) is 17.7 Å². The van der Waals surface area contributed by atoms with Gasteiger partial charge in [-0.3, -0.25) is 4.79 Å². The first-order chi connectivity index (χ1) is 9.29.